The number of hydrogen-bond donors (Lipinski definition) is 1. The molecule has 1 aromatic carbocycles. The van der Waals surface area contributed by atoms with Crippen LogP contribution in [0.3, 0.4) is 0 Å². The van der Waals surface area contributed by atoms with E-state index in [-0.39, 0.29) is 6.61 Å². The second-order valence-electron chi connectivity index (χ2n) is 3.32. The van der Waals surface area contributed by atoms with Crippen LogP contribution in [-0.4, -0.2) is 20.8 Å². The van der Waals surface area contributed by atoms with E-state index in [1.54, 1.807) is 7.11 Å². The molecule has 0 radical (unpaired) electrons. The van der Waals surface area contributed by atoms with E-state index in [0.717, 1.165) is 12.1 Å². The molecule has 16 heavy (non-hydrogen) atoms. The van der Waals surface area contributed by atoms with Crippen molar-refractivity contribution in [1.29, 1.82) is 0 Å². The predicted molar refractivity (Wildman–Crippen MR) is 66.2 cm³/mol. The van der Waals surface area contributed by atoms with Gasteiger partial charge >= 0.3 is 0 Å². The fraction of sp³-hybridized carbons (Fsp3) is 0.333. The summed E-state index contributed by atoms with van der Waals surface area (Å²) >= 11 is 5.65. The van der Waals surface area contributed by atoms with Crippen LogP contribution in [0.25, 0.3) is 0 Å². The minimum atomic E-state index is 0.279. The maximum atomic E-state index is 5.65. The van der Waals surface area contributed by atoms with E-state index in [0.29, 0.717) is 16.5 Å². The summed E-state index contributed by atoms with van der Waals surface area (Å²) in [7, 11) is 3.50. The van der Waals surface area contributed by atoms with Gasteiger partial charge in [-0.3, -0.25) is 0 Å². The Morgan fingerprint density at radius 3 is 2.75 bits per heavy atom. The second kappa shape index (κ2) is 6.40. The maximum Gasteiger partial charge on any atom is 0.162 e. The van der Waals surface area contributed by atoms with Gasteiger partial charge in [-0.2, -0.15) is 0 Å². The van der Waals surface area contributed by atoms with Crippen molar-refractivity contribution in [1.82, 2.24) is 5.32 Å². The minimum absolute atomic E-state index is 0.279. The van der Waals surface area contributed by atoms with Gasteiger partial charge in [-0.25, -0.2) is 0 Å². The first kappa shape index (κ1) is 12.9. The molecule has 1 aromatic rings. The molecule has 0 aliphatic rings. The maximum absolute atomic E-state index is 5.65. The third-order valence-corrected chi connectivity index (χ3v) is 2.10. The van der Waals surface area contributed by atoms with Crippen molar-refractivity contribution in [2.24, 2.45) is 0 Å². The fourth-order valence-electron chi connectivity index (χ4n) is 1.30. The number of nitrogens with one attached hydrogen (secondary N) is 1. The average Bonchev–Trinajstić information content (AvgIpc) is 2.27. The SMILES string of the molecule is C=C(Cl)COc1cc(CNC)ccc1OC. The third kappa shape index (κ3) is 3.76. The van der Waals surface area contributed by atoms with E-state index in [1.807, 2.05) is 25.2 Å². The number of halogens is 1. The molecule has 0 heterocycles. The second-order valence-corrected chi connectivity index (χ2v) is 3.86. The highest BCUT2D eigenvalue weighted by molar-refractivity contribution is 6.29. The first-order valence-electron chi connectivity index (χ1n) is 4.95. The number of methoxy groups -OCH3 is 1. The Hall–Kier alpha value is -1.19. The van der Waals surface area contributed by atoms with Gasteiger partial charge in [-0.1, -0.05) is 24.2 Å². The molecule has 0 aliphatic heterocycles. The van der Waals surface area contributed by atoms with Crippen LogP contribution in [-0.2, 0) is 6.54 Å². The van der Waals surface area contributed by atoms with Crippen molar-refractivity contribution < 1.29 is 9.47 Å². The lowest BCUT2D eigenvalue weighted by Gasteiger charge is -2.11. The van der Waals surface area contributed by atoms with Gasteiger partial charge < -0.3 is 14.8 Å². The highest BCUT2D eigenvalue weighted by Gasteiger charge is 2.05. The zero-order valence-electron chi connectivity index (χ0n) is 9.55. The van der Waals surface area contributed by atoms with Gasteiger partial charge in [-0.05, 0) is 24.7 Å². The molecule has 0 bridgehead atoms. The molecule has 0 aliphatic carbocycles. The van der Waals surface area contributed by atoms with Gasteiger partial charge in [-0.15, -0.1) is 0 Å². The van der Waals surface area contributed by atoms with E-state index in [1.165, 1.54) is 0 Å². The molecule has 1 N–H and O–H groups in total. The first-order chi connectivity index (χ1) is 7.67. The molecular formula is C12H16ClNO2. The van der Waals surface area contributed by atoms with Crippen molar-refractivity contribution in [3.8, 4) is 11.5 Å². The zero-order chi connectivity index (χ0) is 12.0. The van der Waals surface area contributed by atoms with Crippen LogP contribution in [0.2, 0.25) is 0 Å². The number of rotatable bonds is 6. The van der Waals surface area contributed by atoms with Crippen LogP contribution in [0, 0.1) is 0 Å². The van der Waals surface area contributed by atoms with Crippen LogP contribution in [0.4, 0.5) is 0 Å². The summed E-state index contributed by atoms with van der Waals surface area (Å²) in [6, 6.07) is 5.78. The molecule has 88 valence electrons. The minimum Gasteiger partial charge on any atom is -0.493 e. The standard InChI is InChI=1S/C12H16ClNO2/c1-9(13)8-16-12-6-10(7-14-2)4-5-11(12)15-3/h4-6,14H,1,7-8H2,2-3H3. The van der Waals surface area contributed by atoms with Gasteiger partial charge in [0.15, 0.2) is 11.5 Å². The van der Waals surface area contributed by atoms with Gasteiger partial charge in [0.25, 0.3) is 0 Å². The van der Waals surface area contributed by atoms with Crippen molar-refractivity contribution in [2.45, 2.75) is 6.54 Å². The normalized spacial score (nSPS) is 9.94. The van der Waals surface area contributed by atoms with Gasteiger partial charge in [0.2, 0.25) is 0 Å². The number of ether oxygens (including phenoxy) is 2. The third-order valence-electron chi connectivity index (χ3n) is 1.99. The van der Waals surface area contributed by atoms with Gasteiger partial charge in [0, 0.05) is 11.6 Å². The highest BCUT2D eigenvalue weighted by Crippen LogP contribution is 2.28. The Bertz CT molecular complexity index is 366. The summed E-state index contributed by atoms with van der Waals surface area (Å²) in [6.07, 6.45) is 0. The summed E-state index contributed by atoms with van der Waals surface area (Å²) in [5.41, 5.74) is 1.12. The smallest absolute Gasteiger partial charge is 0.162 e. The molecule has 4 heteroatoms. The van der Waals surface area contributed by atoms with E-state index in [9.17, 15) is 0 Å². The summed E-state index contributed by atoms with van der Waals surface area (Å²) in [6.45, 7) is 4.63. The van der Waals surface area contributed by atoms with Gasteiger partial charge in [0.1, 0.15) is 6.61 Å². The lowest BCUT2D eigenvalue weighted by atomic mass is 10.2. The molecular weight excluding hydrogens is 226 g/mol. The Kier molecular flexibility index (Phi) is 5.15. The number of benzene rings is 1. The Morgan fingerprint density at radius 2 is 2.19 bits per heavy atom. The molecule has 1 rings (SSSR count). The molecule has 3 nitrogen and oxygen atoms in total. The largest absolute Gasteiger partial charge is 0.493 e. The van der Waals surface area contributed by atoms with E-state index >= 15 is 0 Å². The van der Waals surface area contributed by atoms with E-state index in [2.05, 4.69) is 11.9 Å². The summed E-state index contributed by atoms with van der Waals surface area (Å²) in [5.74, 6) is 1.37. The predicted octanol–water partition coefficient (Wildman–Crippen LogP) is 2.55. The highest BCUT2D eigenvalue weighted by atomic mass is 35.5. The van der Waals surface area contributed by atoms with E-state index in [4.69, 9.17) is 21.1 Å². The molecule has 0 unspecified atom stereocenters. The van der Waals surface area contributed by atoms with Crippen LogP contribution < -0.4 is 14.8 Å². The lowest BCUT2D eigenvalue weighted by molar-refractivity contribution is 0.323. The lowest BCUT2D eigenvalue weighted by Crippen LogP contribution is -2.06. The molecule has 0 spiro atoms. The summed E-state index contributed by atoms with van der Waals surface area (Å²) < 4.78 is 10.7. The monoisotopic (exact) mass is 241 g/mol. The van der Waals surface area contributed by atoms with Gasteiger partial charge in [0.05, 0.1) is 7.11 Å². The van der Waals surface area contributed by atoms with Crippen LogP contribution in [0.15, 0.2) is 29.8 Å². The summed E-state index contributed by atoms with van der Waals surface area (Å²) in [5, 5.41) is 3.53. The molecule has 0 saturated heterocycles. The quantitative estimate of drug-likeness (QED) is 0.830. The Balaban J connectivity index is 2.83. The zero-order valence-corrected chi connectivity index (χ0v) is 10.3. The fourth-order valence-corrected chi connectivity index (χ4v) is 1.36. The Labute approximate surface area is 101 Å². The van der Waals surface area contributed by atoms with Crippen molar-refractivity contribution in [3.05, 3.63) is 35.4 Å². The topological polar surface area (TPSA) is 30.5 Å². The van der Waals surface area contributed by atoms with Crippen molar-refractivity contribution >= 4 is 11.6 Å². The molecule has 0 fully saturated rings. The first-order valence-corrected chi connectivity index (χ1v) is 5.32. The molecule has 0 saturated carbocycles. The van der Waals surface area contributed by atoms with Crippen molar-refractivity contribution in [3.63, 3.8) is 0 Å². The molecule has 0 aromatic heterocycles. The molecule has 0 atom stereocenters. The average molecular weight is 242 g/mol. The summed E-state index contributed by atoms with van der Waals surface area (Å²) in [4.78, 5) is 0. The van der Waals surface area contributed by atoms with Crippen LogP contribution >= 0.6 is 11.6 Å². The van der Waals surface area contributed by atoms with Crippen molar-refractivity contribution in [2.75, 3.05) is 20.8 Å². The van der Waals surface area contributed by atoms with Crippen LogP contribution in [0.5, 0.6) is 11.5 Å². The number of hydrogen-bond acceptors (Lipinski definition) is 3. The van der Waals surface area contributed by atoms with E-state index < -0.39 is 0 Å². The van der Waals surface area contributed by atoms with Crippen LogP contribution in [0.1, 0.15) is 5.56 Å². The Morgan fingerprint density at radius 1 is 1.44 bits per heavy atom. The molecule has 0 amide bonds.